The summed E-state index contributed by atoms with van der Waals surface area (Å²) in [6, 6.07) is 13.8. The van der Waals surface area contributed by atoms with Crippen LogP contribution in [0, 0.1) is 29.1 Å². The van der Waals surface area contributed by atoms with E-state index < -0.39 is 34.6 Å². The summed E-state index contributed by atoms with van der Waals surface area (Å²) in [7, 11) is 0. The average molecular weight is 671 g/mol. The summed E-state index contributed by atoms with van der Waals surface area (Å²) in [5, 5.41) is 0. The molecule has 2 aliphatic heterocycles. The Morgan fingerprint density at radius 3 is 1.50 bits per heavy atom. The van der Waals surface area contributed by atoms with E-state index in [1.54, 1.807) is 24.3 Å². The zero-order valence-corrected chi connectivity index (χ0v) is 20.2. The van der Waals surface area contributed by atoms with Crippen molar-refractivity contribution in [1.29, 1.82) is 0 Å². The molecule has 8 bridgehead atoms. The maximum absolute atomic E-state index is 14.7. The first-order chi connectivity index (χ1) is 16.9. The SMILES string of the molecule is Fc1c(F)c(F)c(C2=Cc3cc4ccc(cc5nc(cc6ccc(cc2n3)[nH]6)C=C5)[nH]4)c(F)c1F.[Pt+2]. The number of aromatic nitrogens is 4. The van der Waals surface area contributed by atoms with Crippen LogP contribution in [0.3, 0.4) is 0 Å². The topological polar surface area (TPSA) is 57.4 Å². The van der Waals surface area contributed by atoms with Crippen LogP contribution in [0.5, 0.6) is 0 Å². The van der Waals surface area contributed by atoms with Crippen molar-refractivity contribution in [2.24, 2.45) is 0 Å². The van der Waals surface area contributed by atoms with E-state index in [1.165, 1.54) is 12.1 Å². The van der Waals surface area contributed by atoms with Gasteiger partial charge in [0.15, 0.2) is 23.3 Å². The van der Waals surface area contributed by atoms with Gasteiger partial charge in [0, 0.05) is 27.6 Å². The molecule has 3 aromatic heterocycles. The first-order valence-corrected chi connectivity index (χ1v) is 10.5. The maximum atomic E-state index is 14.7. The number of rotatable bonds is 1. The van der Waals surface area contributed by atoms with Gasteiger partial charge in [-0.15, -0.1) is 0 Å². The van der Waals surface area contributed by atoms with Gasteiger partial charge in [-0.1, -0.05) is 0 Å². The van der Waals surface area contributed by atoms with Crippen molar-refractivity contribution < 1.29 is 43.0 Å². The molecule has 10 heteroatoms. The minimum Gasteiger partial charge on any atom is -0.355 e. The van der Waals surface area contributed by atoms with Crippen LogP contribution in [-0.4, -0.2) is 19.9 Å². The van der Waals surface area contributed by atoms with Crippen molar-refractivity contribution >= 4 is 45.9 Å². The zero-order valence-electron chi connectivity index (χ0n) is 18.0. The molecule has 0 fully saturated rings. The van der Waals surface area contributed by atoms with E-state index in [4.69, 9.17) is 0 Å². The molecule has 0 radical (unpaired) electrons. The van der Waals surface area contributed by atoms with E-state index in [0.29, 0.717) is 22.2 Å². The van der Waals surface area contributed by atoms with Crippen LogP contribution in [0.4, 0.5) is 22.0 Å². The van der Waals surface area contributed by atoms with Crippen molar-refractivity contribution in [3.05, 3.63) is 106 Å². The van der Waals surface area contributed by atoms with Crippen LogP contribution in [0.25, 0.3) is 45.9 Å². The molecule has 2 aliphatic rings. The Hall–Kier alpha value is -3.84. The Morgan fingerprint density at radius 1 is 0.528 bits per heavy atom. The zero-order chi connectivity index (χ0) is 24.3. The molecule has 1 aromatic carbocycles. The number of benzene rings is 1. The summed E-state index contributed by atoms with van der Waals surface area (Å²) in [5.74, 6) is -10.1. The van der Waals surface area contributed by atoms with Gasteiger partial charge < -0.3 is 9.97 Å². The van der Waals surface area contributed by atoms with Crippen molar-refractivity contribution in [1.82, 2.24) is 19.9 Å². The second-order valence-corrected chi connectivity index (χ2v) is 8.04. The van der Waals surface area contributed by atoms with Crippen LogP contribution in [0.15, 0.2) is 48.5 Å². The van der Waals surface area contributed by atoms with E-state index in [0.717, 1.165) is 11.2 Å². The molecule has 0 aliphatic carbocycles. The average Bonchev–Trinajstić information content (AvgIpc) is 3.62. The molecule has 2 N–H and O–H groups in total. The molecule has 4 nitrogen and oxygen atoms in total. The smallest absolute Gasteiger partial charge is 0.355 e. The quantitative estimate of drug-likeness (QED) is 0.115. The summed E-state index contributed by atoms with van der Waals surface area (Å²) < 4.78 is 70.9. The van der Waals surface area contributed by atoms with Gasteiger partial charge in [0.1, 0.15) is 0 Å². The number of halogens is 5. The molecular weight excluding hydrogens is 658 g/mol. The molecule has 36 heavy (non-hydrogen) atoms. The van der Waals surface area contributed by atoms with Gasteiger partial charge in [-0.25, -0.2) is 31.9 Å². The van der Waals surface area contributed by atoms with Gasteiger partial charge in [-0.2, -0.15) is 0 Å². The molecule has 0 saturated heterocycles. The summed E-state index contributed by atoms with van der Waals surface area (Å²) in [6.07, 6.45) is 5.02. The number of fused-ring (bicyclic) bond motifs is 8. The number of hydrogen-bond acceptors (Lipinski definition) is 2. The van der Waals surface area contributed by atoms with Crippen molar-refractivity contribution in [3.63, 3.8) is 0 Å². The fourth-order valence-electron chi connectivity index (χ4n) is 4.06. The third kappa shape index (κ3) is 4.09. The Labute approximate surface area is 214 Å². The van der Waals surface area contributed by atoms with Crippen LogP contribution in [-0.2, 0) is 21.1 Å². The largest absolute Gasteiger partial charge is 2.00 e. The standard InChI is InChI=1S/C26H13F5N4.Pt/c27-22-21(23(28)25(30)26(31)24(22)29)19-10-18-9-16-4-3-14(33-16)7-12-1-2-13(32-12)8-15-5-6-17(34-15)11-20(19)35-18;/h1-11,33-34H;/q;+2. The van der Waals surface area contributed by atoms with Crippen LogP contribution < -0.4 is 0 Å². The summed E-state index contributed by atoms with van der Waals surface area (Å²) in [6.45, 7) is 0. The minimum absolute atomic E-state index is 0. The molecule has 180 valence electrons. The number of H-pyrrole nitrogens is 2. The van der Waals surface area contributed by atoms with E-state index in [2.05, 4.69) is 19.9 Å². The van der Waals surface area contributed by atoms with E-state index in [1.807, 2.05) is 30.4 Å². The molecule has 0 unspecified atom stereocenters. The third-order valence-electron chi connectivity index (χ3n) is 5.64. The Bertz CT molecular complexity index is 1740. The van der Waals surface area contributed by atoms with Crippen LogP contribution >= 0.6 is 0 Å². The van der Waals surface area contributed by atoms with Gasteiger partial charge in [-0.05, 0) is 66.8 Å². The van der Waals surface area contributed by atoms with Gasteiger partial charge in [0.25, 0.3) is 0 Å². The molecule has 6 rings (SSSR count). The van der Waals surface area contributed by atoms with Crippen molar-refractivity contribution in [3.8, 4) is 0 Å². The normalized spacial score (nSPS) is 12.4. The number of hydrogen-bond donors (Lipinski definition) is 2. The van der Waals surface area contributed by atoms with Gasteiger partial charge >= 0.3 is 21.1 Å². The molecule has 0 spiro atoms. The van der Waals surface area contributed by atoms with E-state index >= 15 is 0 Å². The van der Waals surface area contributed by atoms with Crippen LogP contribution in [0.1, 0.15) is 28.3 Å². The number of aromatic amines is 2. The predicted molar refractivity (Wildman–Crippen MR) is 123 cm³/mol. The van der Waals surface area contributed by atoms with E-state index in [-0.39, 0.29) is 38.0 Å². The molecule has 0 atom stereocenters. The summed E-state index contributed by atoms with van der Waals surface area (Å²) in [4.78, 5) is 15.2. The molecule has 5 heterocycles. The molecule has 0 saturated carbocycles. The Balaban J connectivity index is 0.00000267. The van der Waals surface area contributed by atoms with Crippen molar-refractivity contribution in [2.75, 3.05) is 0 Å². The number of nitrogens with one attached hydrogen (secondary N) is 2. The number of nitrogens with zero attached hydrogens (tertiary/aromatic N) is 2. The Morgan fingerprint density at radius 2 is 0.972 bits per heavy atom. The van der Waals surface area contributed by atoms with Crippen molar-refractivity contribution in [2.45, 2.75) is 0 Å². The van der Waals surface area contributed by atoms with E-state index in [9.17, 15) is 22.0 Å². The monoisotopic (exact) mass is 671 g/mol. The maximum Gasteiger partial charge on any atom is 2.00 e. The molecule has 0 amide bonds. The van der Waals surface area contributed by atoms with Crippen LogP contribution in [0.2, 0.25) is 0 Å². The fourth-order valence-corrected chi connectivity index (χ4v) is 4.06. The molecule has 4 aromatic rings. The van der Waals surface area contributed by atoms with Gasteiger partial charge in [0.05, 0.1) is 28.3 Å². The molecular formula is C26H13F5N4Pt+2. The first-order valence-electron chi connectivity index (χ1n) is 10.5. The second kappa shape index (κ2) is 8.99. The third-order valence-corrected chi connectivity index (χ3v) is 5.64. The van der Waals surface area contributed by atoms with Gasteiger partial charge in [-0.3, -0.25) is 0 Å². The predicted octanol–water partition coefficient (Wildman–Crippen LogP) is 6.77. The second-order valence-electron chi connectivity index (χ2n) is 8.04. The summed E-state index contributed by atoms with van der Waals surface area (Å²) in [5.41, 5.74) is 3.09. The fraction of sp³-hybridized carbons (Fsp3) is 0. The first kappa shape index (κ1) is 23.9. The Kier molecular flexibility index (Phi) is 5.96. The minimum atomic E-state index is -2.21. The summed E-state index contributed by atoms with van der Waals surface area (Å²) >= 11 is 0. The van der Waals surface area contributed by atoms with Gasteiger partial charge in [0.2, 0.25) is 5.82 Å².